The molecule has 1 aliphatic carbocycles. The number of nitrogens with one attached hydrogen (secondary N) is 1. The summed E-state index contributed by atoms with van der Waals surface area (Å²) < 4.78 is 5.27. The highest BCUT2D eigenvalue weighted by molar-refractivity contribution is 6.08. The fraction of sp³-hybridized carbons (Fsp3) is 0.231. The summed E-state index contributed by atoms with van der Waals surface area (Å²) in [6, 6.07) is 7.44. The number of aromatic nitrogens is 2. The number of rotatable bonds is 2. The molecule has 1 aromatic heterocycles. The van der Waals surface area contributed by atoms with Gasteiger partial charge in [-0.25, -0.2) is 0 Å². The largest absolute Gasteiger partial charge is 0.465 e. The molecule has 0 aliphatic heterocycles. The predicted octanol–water partition coefficient (Wildman–Crippen LogP) is 1.71. The maximum absolute atomic E-state index is 12.0. The van der Waals surface area contributed by atoms with Gasteiger partial charge in [0.2, 0.25) is 0 Å². The number of H-pyrrole nitrogens is 1. The van der Waals surface area contributed by atoms with E-state index in [4.69, 9.17) is 4.74 Å². The smallest absolute Gasteiger partial charge is 0.294 e. The van der Waals surface area contributed by atoms with Crippen LogP contribution >= 0.6 is 0 Å². The molecule has 0 fully saturated rings. The Labute approximate surface area is 103 Å². The monoisotopic (exact) mass is 244 g/mol. The van der Waals surface area contributed by atoms with E-state index in [0.29, 0.717) is 29.6 Å². The number of ketones is 1. The van der Waals surface area contributed by atoms with Crippen molar-refractivity contribution < 1.29 is 14.6 Å². The Bertz CT molecular complexity index is 618. The van der Waals surface area contributed by atoms with E-state index in [1.54, 1.807) is 12.1 Å². The number of carbonyl (C=O) groups is 1. The second-order valence-corrected chi connectivity index (χ2v) is 4.05. The molecule has 1 heterocycles. The first-order chi connectivity index (χ1) is 8.72. The molecule has 1 unspecified atom stereocenters. The van der Waals surface area contributed by atoms with E-state index in [9.17, 15) is 9.90 Å². The molecule has 18 heavy (non-hydrogen) atoms. The van der Waals surface area contributed by atoms with E-state index in [-0.39, 0.29) is 5.78 Å². The quantitative estimate of drug-likeness (QED) is 0.843. The van der Waals surface area contributed by atoms with Gasteiger partial charge in [0.1, 0.15) is 0 Å². The van der Waals surface area contributed by atoms with Crippen LogP contribution in [0.4, 0.5) is 0 Å². The van der Waals surface area contributed by atoms with Crippen LogP contribution in [-0.4, -0.2) is 27.5 Å². The Morgan fingerprint density at radius 2 is 2.11 bits per heavy atom. The molecular weight excluding hydrogens is 232 g/mol. The van der Waals surface area contributed by atoms with Crippen LogP contribution in [0.25, 0.3) is 11.3 Å². The second kappa shape index (κ2) is 3.96. The van der Waals surface area contributed by atoms with Crippen molar-refractivity contribution in [3.63, 3.8) is 0 Å². The minimum absolute atomic E-state index is 0.315. The number of aliphatic hydroxyl groups excluding tert-OH is 1. The first-order valence-electron chi connectivity index (χ1n) is 5.76. The normalized spacial score (nSPS) is 17.2. The van der Waals surface area contributed by atoms with E-state index in [0.717, 1.165) is 5.56 Å². The topological polar surface area (TPSA) is 75.2 Å². The van der Waals surface area contributed by atoms with E-state index >= 15 is 0 Å². The summed E-state index contributed by atoms with van der Waals surface area (Å²) in [5, 5.41) is 9.98. The molecule has 0 saturated carbocycles. The zero-order chi connectivity index (χ0) is 12.7. The van der Waals surface area contributed by atoms with Crippen LogP contribution in [0.15, 0.2) is 24.3 Å². The van der Waals surface area contributed by atoms with Gasteiger partial charge in [0.15, 0.2) is 11.9 Å². The van der Waals surface area contributed by atoms with Crippen LogP contribution in [-0.2, 0) is 0 Å². The number of aliphatic hydroxyl groups is 1. The van der Waals surface area contributed by atoms with Gasteiger partial charge in [-0.1, -0.05) is 24.3 Å². The van der Waals surface area contributed by atoms with Crippen LogP contribution in [0.1, 0.15) is 29.1 Å². The number of benzene rings is 1. The Morgan fingerprint density at radius 3 is 2.83 bits per heavy atom. The molecule has 0 spiro atoms. The lowest BCUT2D eigenvalue weighted by Gasteiger charge is -2.18. The number of hydrogen-bond donors (Lipinski definition) is 2. The molecule has 0 bridgehead atoms. The molecule has 0 radical (unpaired) electrons. The summed E-state index contributed by atoms with van der Waals surface area (Å²) >= 11 is 0. The van der Waals surface area contributed by atoms with Crippen molar-refractivity contribution in [3.8, 4) is 17.3 Å². The third-order valence-corrected chi connectivity index (χ3v) is 2.96. The van der Waals surface area contributed by atoms with Gasteiger partial charge >= 0.3 is 0 Å². The molecule has 3 rings (SSSR count). The maximum atomic E-state index is 12.0. The highest BCUT2D eigenvalue weighted by atomic mass is 16.5. The SMILES string of the molecule is CCOc1nc2c([nH]1)C(O)C(=O)c1ccccc1-2. The lowest BCUT2D eigenvalue weighted by molar-refractivity contribution is 0.0736. The molecule has 0 saturated heterocycles. The summed E-state index contributed by atoms with van der Waals surface area (Å²) in [6.45, 7) is 2.31. The summed E-state index contributed by atoms with van der Waals surface area (Å²) in [7, 11) is 0. The van der Waals surface area contributed by atoms with E-state index in [1.165, 1.54) is 0 Å². The van der Waals surface area contributed by atoms with Gasteiger partial charge in [-0.2, -0.15) is 4.98 Å². The highest BCUT2D eigenvalue weighted by Gasteiger charge is 2.33. The Morgan fingerprint density at radius 1 is 1.39 bits per heavy atom. The minimum Gasteiger partial charge on any atom is -0.465 e. The lowest BCUT2D eigenvalue weighted by atomic mass is 9.89. The van der Waals surface area contributed by atoms with Gasteiger partial charge in [-0.15, -0.1) is 0 Å². The number of fused-ring (bicyclic) bond motifs is 3. The molecule has 5 nitrogen and oxygen atoms in total. The summed E-state index contributed by atoms with van der Waals surface area (Å²) in [5.41, 5.74) is 2.21. The van der Waals surface area contributed by atoms with Crippen molar-refractivity contribution in [2.24, 2.45) is 0 Å². The Hall–Kier alpha value is -2.14. The number of aromatic amines is 1. The number of carbonyl (C=O) groups excluding carboxylic acids is 1. The number of imidazole rings is 1. The summed E-state index contributed by atoms with van der Waals surface area (Å²) in [5.74, 6) is -0.315. The molecule has 2 N–H and O–H groups in total. The molecule has 1 aliphatic rings. The van der Waals surface area contributed by atoms with E-state index in [2.05, 4.69) is 9.97 Å². The number of ether oxygens (including phenoxy) is 1. The van der Waals surface area contributed by atoms with Crippen LogP contribution in [0.3, 0.4) is 0 Å². The Balaban J connectivity index is 2.21. The fourth-order valence-corrected chi connectivity index (χ4v) is 2.16. The molecule has 5 heteroatoms. The lowest BCUT2D eigenvalue weighted by Crippen LogP contribution is -2.19. The fourth-order valence-electron chi connectivity index (χ4n) is 2.16. The van der Waals surface area contributed by atoms with Crippen molar-refractivity contribution in [2.45, 2.75) is 13.0 Å². The van der Waals surface area contributed by atoms with Crippen LogP contribution < -0.4 is 4.74 Å². The van der Waals surface area contributed by atoms with Crippen LogP contribution in [0.2, 0.25) is 0 Å². The van der Waals surface area contributed by atoms with Crippen molar-refractivity contribution in [3.05, 3.63) is 35.5 Å². The standard InChI is InChI=1S/C13H12N2O3/c1-2-18-13-14-9-7-5-3-4-6-8(7)11(16)12(17)10(9)15-13/h3-6,12,17H,2H2,1H3,(H,14,15). The maximum Gasteiger partial charge on any atom is 0.294 e. The molecule has 2 aromatic rings. The van der Waals surface area contributed by atoms with Crippen molar-refractivity contribution >= 4 is 5.78 Å². The van der Waals surface area contributed by atoms with Crippen molar-refractivity contribution in [1.29, 1.82) is 0 Å². The summed E-state index contributed by atoms with van der Waals surface area (Å²) in [6.07, 6.45) is -1.20. The molecule has 1 atom stereocenters. The van der Waals surface area contributed by atoms with Gasteiger partial charge in [0.25, 0.3) is 6.01 Å². The van der Waals surface area contributed by atoms with Gasteiger partial charge < -0.3 is 14.8 Å². The third kappa shape index (κ3) is 1.44. The molecule has 0 amide bonds. The number of hydrogen-bond acceptors (Lipinski definition) is 4. The molecule has 92 valence electrons. The molecular formula is C13H12N2O3. The van der Waals surface area contributed by atoms with E-state index < -0.39 is 6.10 Å². The number of nitrogens with zero attached hydrogens (tertiary/aromatic N) is 1. The summed E-state index contributed by atoms with van der Waals surface area (Å²) in [4.78, 5) is 19.1. The third-order valence-electron chi connectivity index (χ3n) is 2.96. The van der Waals surface area contributed by atoms with E-state index in [1.807, 2.05) is 19.1 Å². The minimum atomic E-state index is -1.20. The highest BCUT2D eigenvalue weighted by Crippen LogP contribution is 2.37. The van der Waals surface area contributed by atoms with Gasteiger partial charge in [-0.05, 0) is 6.92 Å². The van der Waals surface area contributed by atoms with Gasteiger partial charge in [0, 0.05) is 11.1 Å². The average Bonchev–Trinajstić information content (AvgIpc) is 2.81. The number of Topliss-reactive ketones (excluding diaryl/α,β-unsaturated/α-hetero) is 1. The molecule has 1 aromatic carbocycles. The predicted molar refractivity (Wildman–Crippen MR) is 64.5 cm³/mol. The van der Waals surface area contributed by atoms with Crippen LogP contribution in [0.5, 0.6) is 6.01 Å². The zero-order valence-corrected chi connectivity index (χ0v) is 9.80. The average molecular weight is 244 g/mol. The van der Waals surface area contributed by atoms with Gasteiger partial charge in [0.05, 0.1) is 18.0 Å². The second-order valence-electron chi connectivity index (χ2n) is 4.05. The first-order valence-corrected chi connectivity index (χ1v) is 5.76. The zero-order valence-electron chi connectivity index (χ0n) is 9.80. The van der Waals surface area contributed by atoms with Crippen molar-refractivity contribution in [1.82, 2.24) is 9.97 Å². The van der Waals surface area contributed by atoms with Gasteiger partial charge in [-0.3, -0.25) is 4.79 Å². The first kappa shape index (κ1) is 11.0. The Kier molecular flexibility index (Phi) is 2.41. The van der Waals surface area contributed by atoms with Crippen LogP contribution in [0, 0.1) is 0 Å². The van der Waals surface area contributed by atoms with Crippen molar-refractivity contribution in [2.75, 3.05) is 6.61 Å².